The van der Waals surface area contributed by atoms with E-state index in [9.17, 15) is 74.9 Å². The van der Waals surface area contributed by atoms with Gasteiger partial charge in [0, 0.05) is 19.3 Å². The van der Waals surface area contributed by atoms with Gasteiger partial charge in [-0.1, -0.05) is 278 Å². The van der Waals surface area contributed by atoms with Crippen LogP contribution in [-0.2, 0) is 61.2 Å². The number of hydrogen-bond donors (Lipinski definition) is 11. The Morgan fingerprint density at radius 2 is 0.707 bits per heavy atom. The summed E-state index contributed by atoms with van der Waals surface area (Å²) in [6.45, 7) is 5.81. The number of aliphatic hydroxyl groups excluding tert-OH is 10. The summed E-state index contributed by atoms with van der Waals surface area (Å²) in [5.41, 5.74) is 0. The number of hydrogen-bond acceptors (Lipinski definition) is 23. The van der Waals surface area contributed by atoms with Gasteiger partial charge < -0.3 is 89.1 Å². The second kappa shape index (κ2) is 55.4. The summed E-state index contributed by atoms with van der Waals surface area (Å²) in [6.07, 6.45) is 11.6. The van der Waals surface area contributed by atoms with Gasteiger partial charge in [0.1, 0.15) is 98.7 Å². The quantitative estimate of drug-likeness (QED) is 0.0117. The van der Waals surface area contributed by atoms with E-state index in [1.165, 1.54) is 154 Å². The van der Waals surface area contributed by atoms with E-state index in [4.69, 9.17) is 42.2 Å². The van der Waals surface area contributed by atoms with Crippen LogP contribution in [0.3, 0.4) is 0 Å². The van der Waals surface area contributed by atoms with Crippen molar-refractivity contribution >= 4 is 25.7 Å². The van der Waals surface area contributed by atoms with Crippen LogP contribution in [-0.4, -0.2) is 204 Å². The summed E-state index contributed by atoms with van der Waals surface area (Å²) in [7, 11) is -5.69. The number of unbranched alkanes of at least 4 members (excludes halogenated alkanes) is 36. The molecule has 11 N–H and O–H groups in total. The lowest BCUT2D eigenvalue weighted by molar-refractivity contribution is -0.360. The van der Waals surface area contributed by atoms with Gasteiger partial charge >= 0.3 is 25.7 Å². The molecule has 99 heavy (non-hydrogen) atoms. The number of phosphoric ester groups is 1. The van der Waals surface area contributed by atoms with Crippen molar-refractivity contribution in [3.05, 3.63) is 0 Å². The molecule has 24 nitrogen and oxygen atoms in total. The summed E-state index contributed by atoms with van der Waals surface area (Å²) < 4.78 is 65.1. The fourth-order valence-electron chi connectivity index (χ4n) is 13.3. The molecule has 0 spiro atoms. The zero-order valence-electron chi connectivity index (χ0n) is 61.2. The molecule has 25 heteroatoms. The van der Waals surface area contributed by atoms with Gasteiger partial charge in [-0.3, -0.25) is 23.4 Å². The van der Waals surface area contributed by atoms with Crippen LogP contribution in [0.1, 0.15) is 317 Å². The first-order valence-electron chi connectivity index (χ1n) is 39.2. The number of rotatable bonds is 61. The minimum Gasteiger partial charge on any atom is -0.463 e. The third kappa shape index (κ3) is 38.7. The molecule has 1 aliphatic carbocycles. The molecule has 19 atom stereocenters. The Hall–Kier alpha value is -2.04. The minimum atomic E-state index is -5.69. The fraction of sp³-hybridized carbons (Fsp3) is 0.959. The molecule has 2 saturated heterocycles. The van der Waals surface area contributed by atoms with Gasteiger partial charge in [0.15, 0.2) is 18.7 Å². The predicted octanol–water partition coefficient (Wildman–Crippen LogP) is 11.2. The Labute approximate surface area is 593 Å². The van der Waals surface area contributed by atoms with Gasteiger partial charge in [-0.25, -0.2) is 4.57 Å². The highest BCUT2D eigenvalue weighted by Gasteiger charge is 2.58. The molecule has 2 aliphatic heterocycles. The van der Waals surface area contributed by atoms with Crippen molar-refractivity contribution in [2.24, 2.45) is 5.92 Å². The summed E-state index contributed by atoms with van der Waals surface area (Å²) in [6, 6.07) is 0. The molecule has 1 saturated carbocycles. The maximum absolute atomic E-state index is 14.4. The highest BCUT2D eigenvalue weighted by Crippen LogP contribution is 2.49. The van der Waals surface area contributed by atoms with Crippen molar-refractivity contribution < 1.29 is 117 Å². The first-order chi connectivity index (χ1) is 47.7. The van der Waals surface area contributed by atoms with Crippen LogP contribution in [0.15, 0.2) is 0 Å². The first-order valence-corrected chi connectivity index (χ1v) is 40.7. The van der Waals surface area contributed by atoms with Crippen molar-refractivity contribution in [3.63, 3.8) is 0 Å². The molecule has 3 aliphatic rings. The molecule has 0 aromatic heterocycles. The van der Waals surface area contributed by atoms with E-state index in [1.54, 1.807) is 0 Å². The summed E-state index contributed by atoms with van der Waals surface area (Å²) in [5.74, 6) is -1.28. The van der Waals surface area contributed by atoms with Gasteiger partial charge in [0.05, 0.1) is 13.2 Å². The Balaban J connectivity index is 1.72. The summed E-state index contributed by atoms with van der Waals surface area (Å²) in [4.78, 5) is 51.1. The minimum absolute atomic E-state index is 0.0335. The molecule has 2 heterocycles. The first kappa shape index (κ1) is 91.2. The topological polar surface area (TPSA) is 374 Å². The fourth-order valence-corrected chi connectivity index (χ4v) is 14.3. The summed E-state index contributed by atoms with van der Waals surface area (Å²) >= 11 is 0. The van der Waals surface area contributed by atoms with E-state index in [0.29, 0.717) is 25.2 Å². The number of carbonyl (C=O) groups excluding carboxylic acids is 3. The SMILES string of the molecule is CCCCCCCCCCCCCCCCCC(=O)OCC1OC(OC2C(O)C(O)C(O)C(OC3OC(CO)C(O)C(O)C3O)C2OP(=O)(O)OCC(COC(=O)CCCCCCCCC(C)CCCCCCCC)OC(=O)CCCCCCCCCCCCCCC)C(O)C(O)C1O. The predicted molar refractivity (Wildman–Crippen MR) is 375 cm³/mol. The molecule has 3 rings (SSSR count). The summed E-state index contributed by atoms with van der Waals surface area (Å²) in [5, 5.41) is 110. The van der Waals surface area contributed by atoms with Gasteiger partial charge in [0.2, 0.25) is 0 Å². The maximum Gasteiger partial charge on any atom is 0.472 e. The second-order valence-corrected chi connectivity index (χ2v) is 30.1. The van der Waals surface area contributed by atoms with Crippen molar-refractivity contribution in [2.75, 3.05) is 26.4 Å². The standard InChI is InChI=1S/C74H139O24P/c1-5-8-11-14-17-19-21-23-24-26-27-29-31-37-43-48-59(77)91-53-57-62(80)64(82)69(87)74(95-57)97-71-67(85)65(83)66(84)70(96-73-68(86)63(81)61(79)56(50-75)94-73)72(71)98-99(88,89)92-52-55(93-60(78)49-44-39-32-30-28-25-22-20-18-15-12-9-6-2)51-90-58(76)47-42-38-34-33-36-41-46-54(4)45-40-35-16-13-10-7-3/h54-57,61-75,79-87H,5-53H2,1-4H3,(H,88,89). The molecule has 0 aromatic carbocycles. The highest BCUT2D eigenvalue weighted by atomic mass is 31.2. The molecule has 0 radical (unpaired) electrons. The van der Waals surface area contributed by atoms with E-state index in [0.717, 1.165) is 96.3 Å². The Morgan fingerprint density at radius 3 is 1.09 bits per heavy atom. The van der Waals surface area contributed by atoms with E-state index in [1.807, 2.05) is 0 Å². The van der Waals surface area contributed by atoms with Crippen LogP contribution in [0.25, 0.3) is 0 Å². The van der Waals surface area contributed by atoms with Crippen LogP contribution in [0, 0.1) is 5.92 Å². The zero-order chi connectivity index (χ0) is 72.6. The Kier molecular flexibility index (Phi) is 51.0. The van der Waals surface area contributed by atoms with Crippen molar-refractivity contribution in [1.29, 1.82) is 0 Å². The lowest BCUT2D eigenvalue weighted by Gasteiger charge is -2.49. The number of carbonyl (C=O) groups is 3. The monoisotopic (exact) mass is 1440 g/mol. The van der Waals surface area contributed by atoms with E-state index < -0.39 is 156 Å². The Morgan fingerprint density at radius 1 is 0.384 bits per heavy atom. The number of phosphoric acid groups is 1. The molecule has 0 amide bonds. The third-order valence-electron chi connectivity index (χ3n) is 19.8. The average molecular weight is 1440 g/mol. The van der Waals surface area contributed by atoms with Gasteiger partial charge in [0.25, 0.3) is 0 Å². The maximum atomic E-state index is 14.4. The average Bonchev–Trinajstić information content (AvgIpc) is 0.763. The highest BCUT2D eigenvalue weighted by molar-refractivity contribution is 7.47. The molecule has 584 valence electrons. The van der Waals surface area contributed by atoms with Crippen LogP contribution >= 0.6 is 7.82 Å². The van der Waals surface area contributed by atoms with Gasteiger partial charge in [-0.05, 0) is 25.2 Å². The number of ether oxygens (including phenoxy) is 7. The smallest absolute Gasteiger partial charge is 0.463 e. The van der Waals surface area contributed by atoms with E-state index in [2.05, 4.69) is 27.7 Å². The second-order valence-electron chi connectivity index (χ2n) is 28.7. The van der Waals surface area contributed by atoms with Crippen molar-refractivity contribution in [1.82, 2.24) is 0 Å². The third-order valence-corrected chi connectivity index (χ3v) is 20.8. The largest absolute Gasteiger partial charge is 0.472 e. The van der Waals surface area contributed by atoms with Crippen molar-refractivity contribution in [2.45, 2.75) is 421 Å². The molecule has 19 unspecified atom stereocenters. The van der Waals surface area contributed by atoms with Crippen LogP contribution < -0.4 is 0 Å². The molecular weight excluding hydrogens is 1300 g/mol. The van der Waals surface area contributed by atoms with Crippen LogP contribution in [0.5, 0.6) is 0 Å². The molecule has 0 bridgehead atoms. The van der Waals surface area contributed by atoms with Crippen molar-refractivity contribution in [3.8, 4) is 0 Å². The normalized spacial score (nSPS) is 27.7. The molecular formula is C74H139O24P. The lowest BCUT2D eigenvalue weighted by Crippen LogP contribution is -2.69. The van der Waals surface area contributed by atoms with Gasteiger partial charge in [-0.15, -0.1) is 0 Å². The molecule has 0 aromatic rings. The zero-order valence-corrected chi connectivity index (χ0v) is 62.1. The Bertz CT molecular complexity index is 2060. The van der Waals surface area contributed by atoms with E-state index >= 15 is 0 Å². The van der Waals surface area contributed by atoms with E-state index in [-0.39, 0.29) is 19.3 Å². The lowest BCUT2D eigenvalue weighted by atomic mass is 9.84. The van der Waals surface area contributed by atoms with Gasteiger partial charge in [-0.2, -0.15) is 0 Å². The number of esters is 3. The van der Waals surface area contributed by atoms with Crippen LogP contribution in [0.4, 0.5) is 0 Å². The van der Waals surface area contributed by atoms with Crippen LogP contribution in [0.2, 0.25) is 0 Å². The molecule has 3 fully saturated rings. The number of aliphatic hydroxyl groups is 10.